The van der Waals surface area contributed by atoms with Crippen molar-refractivity contribution < 1.29 is 9.90 Å². The number of fused-ring (bicyclic) bond motifs is 1. The second-order valence-corrected chi connectivity index (χ2v) is 6.74. The molecule has 1 aliphatic carbocycles. The minimum atomic E-state index is -0.252. The average molecular weight is 327 g/mol. The van der Waals surface area contributed by atoms with E-state index in [2.05, 4.69) is 25.4 Å². The Kier molecular flexibility index (Phi) is 3.72. The fourth-order valence-electron chi connectivity index (χ4n) is 3.11. The maximum Gasteiger partial charge on any atom is 0.319 e. The van der Waals surface area contributed by atoms with Crippen molar-refractivity contribution in [1.29, 1.82) is 0 Å². The van der Waals surface area contributed by atoms with Crippen LogP contribution in [0.4, 0.5) is 10.5 Å². The van der Waals surface area contributed by atoms with E-state index in [1.54, 1.807) is 0 Å². The van der Waals surface area contributed by atoms with E-state index in [1.165, 1.54) is 0 Å². The number of amides is 2. The van der Waals surface area contributed by atoms with Gasteiger partial charge in [0.15, 0.2) is 5.82 Å². The third kappa shape index (κ3) is 2.87. The van der Waals surface area contributed by atoms with Crippen LogP contribution in [0.2, 0.25) is 0 Å². The number of aliphatic hydroxyl groups is 1. The largest absolute Gasteiger partial charge is 0.396 e. The molecule has 1 fully saturated rings. The number of nitrogens with zero attached hydrogens (tertiary/aromatic N) is 3. The first-order chi connectivity index (χ1) is 11.7. The van der Waals surface area contributed by atoms with Crippen LogP contribution in [0.15, 0.2) is 24.3 Å². The number of aryl methyl sites for hydroxylation is 1. The summed E-state index contributed by atoms with van der Waals surface area (Å²) < 4.78 is 2.14. The highest BCUT2D eigenvalue weighted by atomic mass is 16.3. The Balaban J connectivity index is 1.44. The topological polar surface area (TPSA) is 92.1 Å². The van der Waals surface area contributed by atoms with E-state index in [0.717, 1.165) is 49.4 Å². The molecule has 3 N–H and O–H groups in total. The van der Waals surface area contributed by atoms with Gasteiger partial charge in [0.2, 0.25) is 0 Å². The SMILES string of the molecule is O=C(NCC1(CO)CC1)Nc1cccc(-c2nnc3n2CCC3)c1. The zero-order valence-corrected chi connectivity index (χ0v) is 13.5. The van der Waals surface area contributed by atoms with E-state index in [4.69, 9.17) is 0 Å². The first kappa shape index (κ1) is 15.1. The first-order valence-corrected chi connectivity index (χ1v) is 8.37. The van der Waals surface area contributed by atoms with Gasteiger partial charge in [-0.25, -0.2) is 4.79 Å². The van der Waals surface area contributed by atoms with Crippen molar-refractivity contribution >= 4 is 11.7 Å². The van der Waals surface area contributed by atoms with E-state index in [0.29, 0.717) is 12.2 Å². The number of carbonyl (C=O) groups is 1. The summed E-state index contributed by atoms with van der Waals surface area (Å²) in [5.41, 5.74) is 1.57. The highest BCUT2D eigenvalue weighted by Crippen LogP contribution is 2.44. The lowest BCUT2D eigenvalue weighted by Gasteiger charge is -2.13. The smallest absolute Gasteiger partial charge is 0.319 e. The van der Waals surface area contributed by atoms with Crippen LogP contribution >= 0.6 is 0 Å². The molecule has 0 radical (unpaired) electrons. The standard InChI is InChI=1S/C17H21N5O2/c23-11-17(6-7-17)10-18-16(24)19-13-4-1-3-12(9-13)15-21-20-14-5-2-8-22(14)15/h1,3-4,9,23H,2,5-8,10-11H2,(H2,18,19,24). The predicted octanol–water partition coefficient (Wildman–Crippen LogP) is 1.79. The van der Waals surface area contributed by atoms with Gasteiger partial charge in [-0.3, -0.25) is 0 Å². The minimum absolute atomic E-state index is 0.0960. The zero-order valence-electron chi connectivity index (χ0n) is 13.5. The molecular formula is C17H21N5O2. The van der Waals surface area contributed by atoms with Crippen molar-refractivity contribution in [3.05, 3.63) is 30.1 Å². The fraction of sp³-hybridized carbons (Fsp3) is 0.471. The van der Waals surface area contributed by atoms with Crippen LogP contribution in [0, 0.1) is 5.41 Å². The molecule has 0 saturated heterocycles. The second-order valence-electron chi connectivity index (χ2n) is 6.74. The number of aromatic nitrogens is 3. The summed E-state index contributed by atoms with van der Waals surface area (Å²) >= 11 is 0. The van der Waals surface area contributed by atoms with Gasteiger partial charge in [-0.15, -0.1) is 10.2 Å². The zero-order chi connectivity index (χ0) is 16.6. The summed E-state index contributed by atoms with van der Waals surface area (Å²) in [7, 11) is 0. The van der Waals surface area contributed by atoms with Gasteiger partial charge in [0.05, 0.1) is 6.61 Å². The van der Waals surface area contributed by atoms with Crippen molar-refractivity contribution in [2.45, 2.75) is 32.2 Å². The van der Waals surface area contributed by atoms with Gasteiger partial charge < -0.3 is 20.3 Å². The normalized spacial score (nSPS) is 17.4. The number of benzene rings is 1. The second kappa shape index (κ2) is 5.90. The minimum Gasteiger partial charge on any atom is -0.396 e. The van der Waals surface area contributed by atoms with E-state index < -0.39 is 0 Å². The molecule has 2 heterocycles. The summed E-state index contributed by atoms with van der Waals surface area (Å²) in [5, 5.41) is 23.5. The Hall–Kier alpha value is -2.41. The quantitative estimate of drug-likeness (QED) is 0.780. The third-order valence-electron chi connectivity index (χ3n) is 4.90. The number of urea groups is 1. The van der Waals surface area contributed by atoms with Crippen LogP contribution in [-0.2, 0) is 13.0 Å². The van der Waals surface area contributed by atoms with Crippen LogP contribution in [0.1, 0.15) is 25.1 Å². The number of nitrogens with one attached hydrogen (secondary N) is 2. The van der Waals surface area contributed by atoms with Crippen LogP contribution in [-0.4, -0.2) is 39.1 Å². The Morgan fingerprint density at radius 2 is 2.21 bits per heavy atom. The number of anilines is 1. The first-order valence-electron chi connectivity index (χ1n) is 8.37. The maximum absolute atomic E-state index is 12.1. The average Bonchev–Trinajstić information content (AvgIpc) is 3.03. The molecule has 0 unspecified atom stereocenters. The van der Waals surface area contributed by atoms with Gasteiger partial charge in [-0.1, -0.05) is 12.1 Å². The molecule has 2 aromatic rings. The molecule has 2 aliphatic rings. The molecule has 7 heteroatoms. The van der Waals surface area contributed by atoms with E-state index in [9.17, 15) is 9.90 Å². The molecule has 2 amide bonds. The van der Waals surface area contributed by atoms with Crippen molar-refractivity contribution in [2.75, 3.05) is 18.5 Å². The lowest BCUT2D eigenvalue weighted by atomic mass is 10.1. The molecule has 1 aromatic heterocycles. The van der Waals surface area contributed by atoms with Gasteiger partial charge in [-0.2, -0.15) is 0 Å². The Labute approximate surface area is 140 Å². The van der Waals surface area contributed by atoms with Crippen molar-refractivity contribution in [3.8, 4) is 11.4 Å². The Bertz CT molecular complexity index is 766. The monoisotopic (exact) mass is 327 g/mol. The van der Waals surface area contributed by atoms with Gasteiger partial charge in [0, 0.05) is 36.2 Å². The molecule has 0 bridgehead atoms. The molecule has 126 valence electrons. The number of aliphatic hydroxyl groups excluding tert-OH is 1. The number of hydrogen-bond donors (Lipinski definition) is 3. The molecule has 0 spiro atoms. The molecule has 7 nitrogen and oxygen atoms in total. The van der Waals surface area contributed by atoms with Gasteiger partial charge >= 0.3 is 6.03 Å². The number of rotatable bonds is 5. The maximum atomic E-state index is 12.1. The summed E-state index contributed by atoms with van der Waals surface area (Å²) in [4.78, 5) is 12.1. The lowest BCUT2D eigenvalue weighted by molar-refractivity contribution is 0.206. The summed E-state index contributed by atoms with van der Waals surface area (Å²) in [6.07, 6.45) is 4.01. The van der Waals surface area contributed by atoms with Crippen molar-refractivity contribution in [2.24, 2.45) is 5.41 Å². The molecule has 24 heavy (non-hydrogen) atoms. The molecule has 0 atom stereocenters. The lowest BCUT2D eigenvalue weighted by Crippen LogP contribution is -2.35. The predicted molar refractivity (Wildman–Crippen MR) is 89.6 cm³/mol. The number of carbonyl (C=O) groups excluding carboxylic acids is 1. The molecular weight excluding hydrogens is 306 g/mol. The van der Waals surface area contributed by atoms with E-state index >= 15 is 0 Å². The van der Waals surface area contributed by atoms with Crippen LogP contribution in [0.5, 0.6) is 0 Å². The third-order valence-corrected chi connectivity index (χ3v) is 4.90. The highest BCUT2D eigenvalue weighted by molar-refractivity contribution is 5.90. The fourth-order valence-corrected chi connectivity index (χ4v) is 3.11. The van der Waals surface area contributed by atoms with E-state index in [-0.39, 0.29) is 18.1 Å². The van der Waals surface area contributed by atoms with Gasteiger partial charge in [0.1, 0.15) is 5.82 Å². The van der Waals surface area contributed by atoms with Crippen molar-refractivity contribution in [3.63, 3.8) is 0 Å². The molecule has 1 saturated carbocycles. The van der Waals surface area contributed by atoms with Gasteiger partial charge in [0.25, 0.3) is 0 Å². The summed E-state index contributed by atoms with van der Waals surface area (Å²) in [5.74, 6) is 1.88. The van der Waals surface area contributed by atoms with Crippen LogP contribution in [0.25, 0.3) is 11.4 Å². The van der Waals surface area contributed by atoms with E-state index in [1.807, 2.05) is 24.3 Å². The van der Waals surface area contributed by atoms with Crippen molar-refractivity contribution in [1.82, 2.24) is 20.1 Å². The molecule has 1 aromatic carbocycles. The Morgan fingerprint density at radius 3 is 3.00 bits per heavy atom. The Morgan fingerprint density at radius 1 is 1.33 bits per heavy atom. The highest BCUT2D eigenvalue weighted by Gasteiger charge is 2.42. The molecule has 1 aliphatic heterocycles. The summed E-state index contributed by atoms with van der Waals surface area (Å²) in [6.45, 7) is 1.58. The molecule has 4 rings (SSSR count). The van der Waals surface area contributed by atoms with Crippen LogP contribution in [0.3, 0.4) is 0 Å². The van der Waals surface area contributed by atoms with Gasteiger partial charge in [-0.05, 0) is 31.4 Å². The van der Waals surface area contributed by atoms with Crippen LogP contribution < -0.4 is 10.6 Å². The summed E-state index contributed by atoms with van der Waals surface area (Å²) in [6, 6.07) is 7.39. The number of hydrogen-bond acceptors (Lipinski definition) is 4.